The Morgan fingerprint density at radius 2 is 2.36 bits per heavy atom. The van der Waals surface area contributed by atoms with Crippen LogP contribution in [0, 0.1) is 6.92 Å². The molecule has 0 aliphatic rings. The van der Waals surface area contributed by atoms with E-state index in [4.69, 9.17) is 9.84 Å². The molecule has 1 N–H and O–H groups in total. The smallest absolute Gasteiger partial charge is 0.328 e. The molecular weight excluding hydrogens is 182 g/mol. The average Bonchev–Trinajstić information content (AvgIpc) is 2.16. The van der Waals surface area contributed by atoms with E-state index in [1.807, 2.05) is 0 Å². The van der Waals surface area contributed by atoms with Crippen LogP contribution in [0.3, 0.4) is 0 Å². The van der Waals surface area contributed by atoms with Crippen LogP contribution in [0.1, 0.15) is 11.3 Å². The Kier molecular flexibility index (Phi) is 3.23. The first kappa shape index (κ1) is 10.2. The number of hydrogen-bond donors (Lipinski definition) is 1. The van der Waals surface area contributed by atoms with Gasteiger partial charge in [-0.3, -0.25) is 4.98 Å². The van der Waals surface area contributed by atoms with Crippen molar-refractivity contribution in [2.75, 3.05) is 7.11 Å². The van der Waals surface area contributed by atoms with Gasteiger partial charge in [0.05, 0.1) is 13.3 Å². The van der Waals surface area contributed by atoms with Gasteiger partial charge in [0, 0.05) is 11.8 Å². The van der Waals surface area contributed by atoms with E-state index in [2.05, 4.69) is 4.98 Å². The maximum absolute atomic E-state index is 10.3. The highest BCUT2D eigenvalue weighted by atomic mass is 16.5. The summed E-state index contributed by atoms with van der Waals surface area (Å²) in [6.45, 7) is 1.81. The van der Waals surface area contributed by atoms with E-state index in [0.717, 1.165) is 17.3 Å². The van der Waals surface area contributed by atoms with E-state index in [0.29, 0.717) is 5.75 Å². The Morgan fingerprint density at radius 1 is 1.64 bits per heavy atom. The lowest BCUT2D eigenvalue weighted by molar-refractivity contribution is -0.131. The summed E-state index contributed by atoms with van der Waals surface area (Å²) in [4.78, 5) is 14.4. The van der Waals surface area contributed by atoms with E-state index in [-0.39, 0.29) is 0 Å². The van der Waals surface area contributed by atoms with Gasteiger partial charge in [0.1, 0.15) is 5.75 Å². The Morgan fingerprint density at radius 3 is 2.93 bits per heavy atom. The van der Waals surface area contributed by atoms with Crippen molar-refractivity contribution in [3.8, 4) is 5.75 Å². The molecule has 0 aliphatic heterocycles. The van der Waals surface area contributed by atoms with Crippen molar-refractivity contribution in [3.63, 3.8) is 0 Å². The predicted octanol–water partition coefficient (Wildman–Crippen LogP) is 1.50. The van der Waals surface area contributed by atoms with E-state index < -0.39 is 5.97 Å². The molecule has 4 heteroatoms. The SMILES string of the molecule is COc1cnc(C)c(C=CC(=O)O)c1. The van der Waals surface area contributed by atoms with Crippen LogP contribution in [0.2, 0.25) is 0 Å². The van der Waals surface area contributed by atoms with Gasteiger partial charge in [0.15, 0.2) is 0 Å². The van der Waals surface area contributed by atoms with Gasteiger partial charge < -0.3 is 9.84 Å². The van der Waals surface area contributed by atoms with Crippen molar-refractivity contribution in [2.45, 2.75) is 6.92 Å². The van der Waals surface area contributed by atoms with Crippen LogP contribution < -0.4 is 4.74 Å². The highest BCUT2D eigenvalue weighted by molar-refractivity contribution is 5.85. The number of ether oxygens (including phenoxy) is 1. The van der Waals surface area contributed by atoms with E-state index in [1.54, 1.807) is 19.2 Å². The molecular formula is C10H11NO3. The first-order valence-electron chi connectivity index (χ1n) is 4.05. The Hall–Kier alpha value is -1.84. The molecule has 0 bridgehead atoms. The third-order valence-corrected chi connectivity index (χ3v) is 1.74. The second kappa shape index (κ2) is 4.41. The molecule has 0 unspecified atom stereocenters. The molecule has 74 valence electrons. The van der Waals surface area contributed by atoms with E-state index in [1.165, 1.54) is 13.2 Å². The quantitative estimate of drug-likeness (QED) is 0.739. The van der Waals surface area contributed by atoms with Crippen LogP contribution in [0.4, 0.5) is 0 Å². The van der Waals surface area contributed by atoms with Gasteiger partial charge >= 0.3 is 5.97 Å². The normalized spacial score (nSPS) is 10.4. The van der Waals surface area contributed by atoms with Crippen LogP contribution in [0.15, 0.2) is 18.3 Å². The van der Waals surface area contributed by atoms with Crippen LogP contribution >= 0.6 is 0 Å². The number of pyridine rings is 1. The molecule has 1 rings (SSSR count). The molecule has 4 nitrogen and oxygen atoms in total. The summed E-state index contributed by atoms with van der Waals surface area (Å²) in [5, 5.41) is 8.45. The number of rotatable bonds is 3. The second-order valence-corrected chi connectivity index (χ2v) is 2.72. The largest absolute Gasteiger partial charge is 0.495 e. The monoisotopic (exact) mass is 193 g/mol. The summed E-state index contributed by atoms with van der Waals surface area (Å²) in [5.74, 6) is -0.368. The van der Waals surface area contributed by atoms with Crippen molar-refractivity contribution in [2.24, 2.45) is 0 Å². The highest BCUT2D eigenvalue weighted by Gasteiger charge is 1.99. The lowest BCUT2D eigenvalue weighted by Gasteiger charge is -2.02. The van der Waals surface area contributed by atoms with Crippen molar-refractivity contribution in [3.05, 3.63) is 29.6 Å². The molecule has 1 heterocycles. The van der Waals surface area contributed by atoms with E-state index >= 15 is 0 Å². The average molecular weight is 193 g/mol. The topological polar surface area (TPSA) is 59.4 Å². The van der Waals surface area contributed by atoms with Crippen LogP contribution in [0.5, 0.6) is 5.75 Å². The van der Waals surface area contributed by atoms with Gasteiger partial charge in [-0.05, 0) is 24.6 Å². The van der Waals surface area contributed by atoms with Gasteiger partial charge in [-0.1, -0.05) is 0 Å². The number of aromatic nitrogens is 1. The van der Waals surface area contributed by atoms with Crippen molar-refractivity contribution < 1.29 is 14.6 Å². The molecule has 0 radical (unpaired) electrons. The maximum atomic E-state index is 10.3. The summed E-state index contributed by atoms with van der Waals surface area (Å²) >= 11 is 0. The minimum atomic E-state index is -0.979. The highest BCUT2D eigenvalue weighted by Crippen LogP contribution is 2.15. The Labute approximate surface area is 81.9 Å². The molecule has 0 fully saturated rings. The zero-order chi connectivity index (χ0) is 10.6. The third-order valence-electron chi connectivity index (χ3n) is 1.74. The molecule has 14 heavy (non-hydrogen) atoms. The zero-order valence-electron chi connectivity index (χ0n) is 8.02. The Balaban J connectivity index is 3.00. The minimum absolute atomic E-state index is 0.612. The summed E-state index contributed by atoms with van der Waals surface area (Å²) in [7, 11) is 1.54. The fraction of sp³-hybridized carbons (Fsp3) is 0.200. The molecule has 1 aromatic heterocycles. The lowest BCUT2D eigenvalue weighted by Crippen LogP contribution is -1.91. The standard InChI is InChI=1S/C10H11NO3/c1-7-8(3-4-10(12)13)5-9(14-2)6-11-7/h3-6H,1-2H3,(H,12,13). The maximum Gasteiger partial charge on any atom is 0.328 e. The Bertz CT molecular complexity index is 372. The molecule has 0 saturated heterocycles. The number of methoxy groups -OCH3 is 1. The molecule has 0 amide bonds. The first-order chi connectivity index (χ1) is 6.63. The fourth-order valence-corrected chi connectivity index (χ4v) is 0.971. The number of aliphatic carboxylic acids is 1. The van der Waals surface area contributed by atoms with Gasteiger partial charge in [0.2, 0.25) is 0 Å². The lowest BCUT2D eigenvalue weighted by atomic mass is 10.2. The number of aryl methyl sites for hydroxylation is 1. The molecule has 0 spiro atoms. The van der Waals surface area contributed by atoms with Crippen molar-refractivity contribution in [1.29, 1.82) is 0 Å². The van der Waals surface area contributed by atoms with Crippen LogP contribution in [-0.4, -0.2) is 23.2 Å². The summed E-state index contributed by atoms with van der Waals surface area (Å²) in [5.41, 5.74) is 1.51. The number of nitrogens with zero attached hydrogens (tertiary/aromatic N) is 1. The third kappa shape index (κ3) is 2.58. The molecule has 0 saturated carbocycles. The predicted molar refractivity (Wildman–Crippen MR) is 52.2 cm³/mol. The summed E-state index contributed by atoms with van der Waals surface area (Å²) < 4.78 is 4.97. The number of carbonyl (C=O) groups is 1. The van der Waals surface area contributed by atoms with Gasteiger partial charge in [0.25, 0.3) is 0 Å². The second-order valence-electron chi connectivity index (χ2n) is 2.72. The van der Waals surface area contributed by atoms with Crippen LogP contribution in [0.25, 0.3) is 6.08 Å². The molecule has 0 atom stereocenters. The summed E-state index contributed by atoms with van der Waals surface area (Å²) in [6, 6.07) is 1.74. The zero-order valence-corrected chi connectivity index (χ0v) is 8.02. The number of hydrogen-bond acceptors (Lipinski definition) is 3. The molecule has 0 aromatic carbocycles. The fourth-order valence-electron chi connectivity index (χ4n) is 0.971. The van der Waals surface area contributed by atoms with Crippen molar-refractivity contribution in [1.82, 2.24) is 4.98 Å². The molecule has 1 aromatic rings. The number of carboxylic acid groups (broad SMARTS) is 1. The van der Waals surface area contributed by atoms with Crippen molar-refractivity contribution >= 4 is 12.0 Å². The minimum Gasteiger partial charge on any atom is -0.495 e. The summed E-state index contributed by atoms with van der Waals surface area (Å²) in [6.07, 6.45) is 4.16. The van der Waals surface area contributed by atoms with Gasteiger partial charge in [-0.2, -0.15) is 0 Å². The van der Waals surface area contributed by atoms with Gasteiger partial charge in [-0.25, -0.2) is 4.79 Å². The number of carboxylic acids is 1. The van der Waals surface area contributed by atoms with E-state index in [9.17, 15) is 4.79 Å². The molecule has 0 aliphatic carbocycles. The first-order valence-corrected chi connectivity index (χ1v) is 4.05. The van der Waals surface area contributed by atoms with Gasteiger partial charge in [-0.15, -0.1) is 0 Å². The van der Waals surface area contributed by atoms with Crippen LogP contribution in [-0.2, 0) is 4.79 Å².